The molecule has 2 rings (SSSR count). The zero-order valence-electron chi connectivity index (χ0n) is 25.6. The van der Waals surface area contributed by atoms with Gasteiger partial charge in [-0.3, -0.25) is 0 Å². The number of benzene rings is 2. The number of carbonyl (C=O) groups excluding carboxylic acids is 1. The molecule has 0 N–H and O–H groups in total. The van der Waals surface area contributed by atoms with Crippen LogP contribution >= 0.6 is 8.60 Å². The summed E-state index contributed by atoms with van der Waals surface area (Å²) in [5.41, 5.74) is 5.51. The Labute approximate surface area is 248 Å². The normalized spacial score (nSPS) is 12.0. The predicted molar refractivity (Wildman–Crippen MR) is 169 cm³/mol. The van der Waals surface area contributed by atoms with E-state index in [1.807, 2.05) is 32.0 Å². The third kappa shape index (κ3) is 14.6. The highest BCUT2D eigenvalue weighted by atomic mass is 31.2. The second kappa shape index (κ2) is 20.2. The monoisotopic (exact) mass is 582 g/mol. The van der Waals surface area contributed by atoms with Gasteiger partial charge in [-0.15, -0.1) is 0 Å². The maximum atomic E-state index is 12.9. The zero-order valence-corrected chi connectivity index (χ0v) is 26.5. The molecule has 0 aromatic heterocycles. The van der Waals surface area contributed by atoms with Crippen molar-refractivity contribution in [2.45, 2.75) is 73.6 Å². The van der Waals surface area contributed by atoms with Crippen molar-refractivity contribution in [3.8, 4) is 11.5 Å². The Bertz CT molecular complexity index is 1130. The smallest absolute Gasteiger partial charge is 0.347 e. The van der Waals surface area contributed by atoms with Crippen LogP contribution in [0.15, 0.2) is 83.5 Å². The summed E-state index contributed by atoms with van der Waals surface area (Å²) in [5, 5.41) is 0. The molecule has 0 aliphatic carbocycles. The Morgan fingerprint density at radius 3 is 2.07 bits per heavy atom. The number of ether oxygens (including phenoxy) is 2. The van der Waals surface area contributed by atoms with Crippen molar-refractivity contribution >= 4 is 14.6 Å². The molecule has 0 saturated heterocycles. The molecular weight excluding hydrogens is 535 g/mol. The second-order valence-corrected chi connectivity index (χ2v) is 11.2. The molecule has 2 aromatic carbocycles. The summed E-state index contributed by atoms with van der Waals surface area (Å²) in [6, 6.07) is 14.6. The molecule has 0 saturated carbocycles. The number of hydrogen-bond donors (Lipinski definition) is 0. The first-order valence-electron chi connectivity index (χ1n) is 14.5. The molecule has 0 unspecified atom stereocenters. The molecule has 2 aromatic rings. The maximum absolute atomic E-state index is 12.9. The van der Waals surface area contributed by atoms with Gasteiger partial charge in [-0.1, -0.05) is 53.1 Å². The number of allylic oxidation sites excluding steroid dienone is 5. The summed E-state index contributed by atoms with van der Waals surface area (Å²) >= 11 is 0. The van der Waals surface area contributed by atoms with Gasteiger partial charge in [-0.25, -0.2) is 4.79 Å². The minimum atomic E-state index is -1.31. The molecule has 0 spiro atoms. The largest absolute Gasteiger partial charge is 0.489 e. The highest BCUT2D eigenvalue weighted by Crippen LogP contribution is 2.39. The van der Waals surface area contributed by atoms with Crippen LogP contribution in [0.5, 0.6) is 11.5 Å². The number of hydrogen-bond acceptors (Lipinski definition) is 6. The summed E-state index contributed by atoms with van der Waals surface area (Å²) in [7, 11) is -1.31. The van der Waals surface area contributed by atoms with Crippen molar-refractivity contribution in [3.05, 3.63) is 94.6 Å². The topological polar surface area (TPSA) is 63.2 Å². The van der Waals surface area contributed by atoms with Crippen LogP contribution in [0, 0.1) is 0 Å². The van der Waals surface area contributed by atoms with Crippen molar-refractivity contribution in [3.63, 3.8) is 0 Å². The van der Waals surface area contributed by atoms with Gasteiger partial charge in [0.05, 0.1) is 19.8 Å². The lowest BCUT2D eigenvalue weighted by molar-refractivity contribution is 0.0730. The fourth-order valence-corrected chi connectivity index (χ4v) is 4.71. The Hall–Kier alpha value is -2.76. The van der Waals surface area contributed by atoms with E-state index in [1.54, 1.807) is 30.3 Å². The number of esters is 1. The molecular formula is C34H47O6P. The van der Waals surface area contributed by atoms with E-state index >= 15 is 0 Å². The van der Waals surface area contributed by atoms with Crippen molar-refractivity contribution < 1.29 is 27.8 Å². The molecule has 0 aliphatic heterocycles. The first kappa shape index (κ1) is 34.4. The van der Waals surface area contributed by atoms with Crippen molar-refractivity contribution in [2.75, 3.05) is 26.4 Å². The first-order chi connectivity index (χ1) is 19.8. The highest BCUT2D eigenvalue weighted by Gasteiger charge is 2.15. The molecule has 224 valence electrons. The van der Waals surface area contributed by atoms with E-state index in [4.69, 9.17) is 23.0 Å². The van der Waals surface area contributed by atoms with Gasteiger partial charge in [0.2, 0.25) is 0 Å². The van der Waals surface area contributed by atoms with Gasteiger partial charge < -0.3 is 23.0 Å². The Balaban J connectivity index is 1.83. The minimum Gasteiger partial charge on any atom is -0.489 e. The molecule has 0 fully saturated rings. The van der Waals surface area contributed by atoms with Crippen molar-refractivity contribution in [2.24, 2.45) is 0 Å². The van der Waals surface area contributed by atoms with E-state index in [1.165, 1.54) is 16.7 Å². The Morgan fingerprint density at radius 1 is 0.780 bits per heavy atom. The highest BCUT2D eigenvalue weighted by molar-refractivity contribution is 7.41. The van der Waals surface area contributed by atoms with Crippen molar-refractivity contribution in [1.29, 1.82) is 0 Å². The van der Waals surface area contributed by atoms with Gasteiger partial charge >= 0.3 is 14.6 Å². The fourth-order valence-electron chi connectivity index (χ4n) is 3.82. The third-order valence-corrected chi connectivity index (χ3v) is 7.42. The van der Waals surface area contributed by atoms with Crippen LogP contribution in [0.4, 0.5) is 0 Å². The first-order valence-corrected chi connectivity index (χ1v) is 15.6. The number of para-hydroxylation sites is 1. The summed E-state index contributed by atoms with van der Waals surface area (Å²) in [4.78, 5) is 12.9. The standard InChI is InChI=1S/C34H47O6P/c1-7-37-41(38-8-2)39-26-24-30-19-21-31(22-20-30)40-34(35)32-17-9-10-18-33(32)36-25-23-29(6)16-12-15-28(5)14-11-13-27(3)4/h9-10,13,15,17-23H,7-8,11-12,14,16,24-26H2,1-6H3/b28-15+,29-23+. The second-order valence-electron chi connectivity index (χ2n) is 9.94. The van der Waals surface area contributed by atoms with Crippen LogP contribution < -0.4 is 9.47 Å². The van der Waals surface area contributed by atoms with Gasteiger partial charge in [0.15, 0.2) is 0 Å². The van der Waals surface area contributed by atoms with Gasteiger partial charge in [0.25, 0.3) is 0 Å². The molecule has 0 aliphatic rings. The fraction of sp³-hybridized carbons (Fsp3) is 0.441. The Kier molecular flexibility index (Phi) is 16.9. The maximum Gasteiger partial charge on any atom is 0.347 e. The number of carbonyl (C=O) groups is 1. The van der Waals surface area contributed by atoms with Gasteiger partial charge in [-0.05, 0) is 110 Å². The van der Waals surface area contributed by atoms with E-state index in [-0.39, 0.29) is 0 Å². The van der Waals surface area contributed by atoms with Crippen LogP contribution in [0.25, 0.3) is 0 Å². The van der Waals surface area contributed by atoms with Crippen LogP contribution in [-0.2, 0) is 20.0 Å². The molecule has 0 radical (unpaired) electrons. The van der Waals surface area contributed by atoms with E-state index < -0.39 is 14.6 Å². The third-order valence-electron chi connectivity index (χ3n) is 6.09. The van der Waals surface area contributed by atoms with Gasteiger partial charge in [0.1, 0.15) is 23.7 Å². The molecule has 0 heterocycles. The molecule has 0 atom stereocenters. The molecule has 41 heavy (non-hydrogen) atoms. The minimum absolute atomic E-state index is 0.394. The lowest BCUT2D eigenvalue weighted by Gasteiger charge is -2.14. The molecule has 0 amide bonds. The van der Waals surface area contributed by atoms with Gasteiger partial charge in [0, 0.05) is 0 Å². The number of rotatable bonds is 19. The van der Waals surface area contributed by atoms with E-state index in [0.29, 0.717) is 49.9 Å². The Morgan fingerprint density at radius 2 is 1.41 bits per heavy atom. The molecule has 6 nitrogen and oxygen atoms in total. The van der Waals surface area contributed by atoms with Crippen LogP contribution in [0.2, 0.25) is 0 Å². The molecule has 0 bridgehead atoms. The van der Waals surface area contributed by atoms with E-state index in [0.717, 1.165) is 31.2 Å². The summed E-state index contributed by atoms with van der Waals surface area (Å²) < 4.78 is 28.2. The lowest BCUT2D eigenvalue weighted by Crippen LogP contribution is -2.11. The summed E-state index contributed by atoms with van der Waals surface area (Å²) in [5.74, 6) is 0.524. The SMILES string of the molecule is CCOP(OCC)OCCc1ccc(OC(=O)c2ccccc2OC/C=C(\C)CC/C=C(\C)CCC=C(C)C)cc1. The zero-order chi connectivity index (χ0) is 29.9. The summed E-state index contributed by atoms with van der Waals surface area (Å²) in [6.07, 6.45) is 11.6. The molecule has 7 heteroatoms. The quantitative estimate of drug-likeness (QED) is 0.0711. The van der Waals surface area contributed by atoms with E-state index in [9.17, 15) is 4.79 Å². The van der Waals surface area contributed by atoms with Crippen molar-refractivity contribution in [1.82, 2.24) is 0 Å². The average Bonchev–Trinajstić information content (AvgIpc) is 2.94. The summed E-state index contributed by atoms with van der Waals surface area (Å²) in [6.45, 7) is 14.4. The van der Waals surface area contributed by atoms with E-state index in [2.05, 4.69) is 45.9 Å². The van der Waals surface area contributed by atoms with Crippen LogP contribution in [-0.4, -0.2) is 32.4 Å². The average molecular weight is 583 g/mol. The van der Waals surface area contributed by atoms with Crippen LogP contribution in [0.3, 0.4) is 0 Å². The van der Waals surface area contributed by atoms with Gasteiger partial charge in [-0.2, -0.15) is 0 Å². The van der Waals surface area contributed by atoms with Crippen LogP contribution in [0.1, 0.15) is 83.1 Å². The lowest BCUT2D eigenvalue weighted by atomic mass is 10.1. The predicted octanol–water partition coefficient (Wildman–Crippen LogP) is 9.56.